The predicted molar refractivity (Wildman–Crippen MR) is 118 cm³/mol. The molecule has 0 aliphatic rings. The molecule has 2 aromatic heterocycles. The second-order valence-corrected chi connectivity index (χ2v) is 8.68. The minimum atomic E-state index is -0.547. The molecule has 8 heteroatoms. The van der Waals surface area contributed by atoms with Crippen LogP contribution in [-0.4, -0.2) is 16.8 Å². The lowest BCUT2D eigenvalue weighted by Gasteiger charge is -2.04. The van der Waals surface area contributed by atoms with Crippen LogP contribution in [0.4, 0.5) is 5.00 Å². The van der Waals surface area contributed by atoms with Crippen molar-refractivity contribution in [3.05, 3.63) is 68.0 Å². The van der Waals surface area contributed by atoms with Crippen molar-refractivity contribution in [2.24, 2.45) is 5.73 Å². The van der Waals surface area contributed by atoms with Crippen LogP contribution in [0.1, 0.15) is 37.1 Å². The van der Waals surface area contributed by atoms with E-state index in [9.17, 15) is 9.59 Å². The van der Waals surface area contributed by atoms with Gasteiger partial charge in [0.2, 0.25) is 5.91 Å². The standard InChI is InChI=1S/C21H21N3O3S2/c1-12-13(2)29-21(19(12)20(22)26)24-18(25)9-6-15-4-7-17(8-5-15)27-10-16-11-28-14(3)23-16/h4-9,11H,10H2,1-3H3,(H2,22,26)(H,24,25)/b9-6+. The topological polar surface area (TPSA) is 94.3 Å². The Morgan fingerprint density at radius 1 is 1.21 bits per heavy atom. The summed E-state index contributed by atoms with van der Waals surface area (Å²) in [4.78, 5) is 29.2. The first-order valence-electron chi connectivity index (χ1n) is 8.86. The van der Waals surface area contributed by atoms with Crippen molar-refractivity contribution in [3.63, 3.8) is 0 Å². The van der Waals surface area contributed by atoms with E-state index in [-0.39, 0.29) is 5.91 Å². The molecule has 0 aliphatic heterocycles. The fourth-order valence-electron chi connectivity index (χ4n) is 2.64. The largest absolute Gasteiger partial charge is 0.487 e. The number of primary amides is 1. The van der Waals surface area contributed by atoms with Crippen molar-refractivity contribution in [1.82, 2.24) is 4.98 Å². The van der Waals surface area contributed by atoms with Crippen LogP contribution in [-0.2, 0) is 11.4 Å². The first-order valence-corrected chi connectivity index (χ1v) is 10.6. The van der Waals surface area contributed by atoms with Crippen LogP contribution in [0.3, 0.4) is 0 Å². The number of nitrogens with zero attached hydrogens (tertiary/aromatic N) is 1. The highest BCUT2D eigenvalue weighted by molar-refractivity contribution is 7.16. The summed E-state index contributed by atoms with van der Waals surface area (Å²) in [7, 11) is 0. The molecule has 0 saturated heterocycles. The van der Waals surface area contributed by atoms with E-state index in [1.54, 1.807) is 17.4 Å². The van der Waals surface area contributed by atoms with E-state index in [0.717, 1.165) is 32.5 Å². The number of ether oxygens (including phenoxy) is 1. The van der Waals surface area contributed by atoms with Gasteiger partial charge in [0, 0.05) is 16.3 Å². The summed E-state index contributed by atoms with van der Waals surface area (Å²) in [6.45, 7) is 6.08. The molecule has 0 saturated carbocycles. The first kappa shape index (κ1) is 20.8. The summed E-state index contributed by atoms with van der Waals surface area (Å²) >= 11 is 2.93. The third kappa shape index (κ3) is 5.30. The van der Waals surface area contributed by atoms with Gasteiger partial charge < -0.3 is 15.8 Å². The van der Waals surface area contributed by atoms with Crippen molar-refractivity contribution in [2.75, 3.05) is 5.32 Å². The molecule has 0 bridgehead atoms. The quantitative estimate of drug-likeness (QED) is 0.544. The molecular weight excluding hydrogens is 406 g/mol. The number of hydrogen-bond acceptors (Lipinski definition) is 6. The van der Waals surface area contributed by atoms with Crippen LogP contribution in [0, 0.1) is 20.8 Å². The monoisotopic (exact) mass is 427 g/mol. The van der Waals surface area contributed by atoms with Gasteiger partial charge in [-0.15, -0.1) is 22.7 Å². The molecule has 0 radical (unpaired) electrons. The Bertz CT molecular complexity index is 1070. The Morgan fingerprint density at radius 2 is 1.93 bits per heavy atom. The van der Waals surface area contributed by atoms with Crippen molar-refractivity contribution >= 4 is 45.6 Å². The Morgan fingerprint density at radius 3 is 2.55 bits per heavy atom. The third-order valence-corrected chi connectivity index (χ3v) is 6.17. The maximum absolute atomic E-state index is 12.2. The van der Waals surface area contributed by atoms with Crippen LogP contribution in [0.25, 0.3) is 6.08 Å². The van der Waals surface area contributed by atoms with Gasteiger partial charge in [-0.05, 0) is 50.1 Å². The molecule has 0 fully saturated rings. The SMILES string of the molecule is Cc1nc(COc2ccc(/C=C/C(=O)Nc3sc(C)c(C)c3C(N)=O)cc2)cs1. The Balaban J connectivity index is 1.59. The van der Waals surface area contributed by atoms with Crippen LogP contribution in [0.2, 0.25) is 0 Å². The van der Waals surface area contributed by atoms with Crippen molar-refractivity contribution in [3.8, 4) is 5.75 Å². The number of nitrogens with two attached hydrogens (primary N) is 1. The number of thiophene rings is 1. The van der Waals surface area contributed by atoms with Gasteiger partial charge in [-0.25, -0.2) is 4.98 Å². The highest BCUT2D eigenvalue weighted by Gasteiger charge is 2.18. The zero-order valence-electron chi connectivity index (χ0n) is 16.3. The summed E-state index contributed by atoms with van der Waals surface area (Å²) in [6.07, 6.45) is 3.11. The number of nitrogens with one attached hydrogen (secondary N) is 1. The number of benzene rings is 1. The minimum Gasteiger partial charge on any atom is -0.487 e. The molecular formula is C21H21N3O3S2. The van der Waals surface area contributed by atoms with Gasteiger partial charge in [0.05, 0.1) is 16.3 Å². The average molecular weight is 428 g/mol. The Labute approximate surface area is 177 Å². The lowest BCUT2D eigenvalue weighted by Crippen LogP contribution is -2.16. The number of thiazole rings is 1. The molecule has 29 heavy (non-hydrogen) atoms. The summed E-state index contributed by atoms with van der Waals surface area (Å²) in [6, 6.07) is 7.40. The van der Waals surface area contributed by atoms with Gasteiger partial charge in [0.15, 0.2) is 0 Å². The maximum atomic E-state index is 12.2. The number of carbonyl (C=O) groups is 2. The van der Waals surface area contributed by atoms with Crippen molar-refractivity contribution in [2.45, 2.75) is 27.4 Å². The Hall–Kier alpha value is -2.97. The first-order chi connectivity index (χ1) is 13.8. The van der Waals surface area contributed by atoms with Crippen molar-refractivity contribution < 1.29 is 14.3 Å². The van der Waals surface area contributed by atoms with Crippen molar-refractivity contribution in [1.29, 1.82) is 0 Å². The number of aryl methyl sites for hydroxylation is 2. The van der Waals surface area contributed by atoms with Crippen LogP contribution >= 0.6 is 22.7 Å². The molecule has 0 aliphatic carbocycles. The average Bonchev–Trinajstić information content (AvgIpc) is 3.22. The van der Waals surface area contributed by atoms with E-state index in [4.69, 9.17) is 10.5 Å². The molecule has 6 nitrogen and oxygen atoms in total. The van der Waals surface area contributed by atoms with Gasteiger partial charge in [-0.1, -0.05) is 12.1 Å². The zero-order chi connectivity index (χ0) is 21.0. The fraction of sp³-hybridized carbons (Fsp3) is 0.190. The molecule has 2 heterocycles. The number of aromatic nitrogens is 1. The zero-order valence-corrected chi connectivity index (χ0v) is 17.9. The van der Waals surface area contributed by atoms with Gasteiger partial charge in [0.25, 0.3) is 5.91 Å². The molecule has 2 amide bonds. The van der Waals surface area contributed by atoms with E-state index in [2.05, 4.69) is 10.3 Å². The lowest BCUT2D eigenvalue weighted by atomic mass is 10.1. The molecule has 3 rings (SSSR count). The van der Waals surface area contributed by atoms with E-state index >= 15 is 0 Å². The van der Waals surface area contributed by atoms with Gasteiger partial charge in [-0.3, -0.25) is 9.59 Å². The lowest BCUT2D eigenvalue weighted by molar-refractivity contribution is -0.111. The van der Waals surface area contributed by atoms with E-state index in [1.807, 2.05) is 50.4 Å². The molecule has 150 valence electrons. The summed E-state index contributed by atoms with van der Waals surface area (Å²) in [5, 5.41) is 6.20. The van der Waals surface area contributed by atoms with Gasteiger partial charge in [-0.2, -0.15) is 0 Å². The summed E-state index contributed by atoms with van der Waals surface area (Å²) in [5.41, 5.74) is 8.35. The van der Waals surface area contributed by atoms with Gasteiger partial charge in [0.1, 0.15) is 17.4 Å². The predicted octanol–water partition coefficient (Wildman–Crippen LogP) is 4.46. The molecule has 0 atom stereocenters. The minimum absolute atomic E-state index is 0.326. The number of anilines is 1. The molecule has 0 unspecified atom stereocenters. The van der Waals surface area contributed by atoms with Crippen LogP contribution < -0.4 is 15.8 Å². The number of hydrogen-bond donors (Lipinski definition) is 2. The Kier molecular flexibility index (Phi) is 6.46. The second kappa shape index (κ2) is 9.02. The van der Waals surface area contributed by atoms with Gasteiger partial charge >= 0.3 is 0 Å². The molecule has 1 aromatic carbocycles. The molecule has 3 aromatic rings. The van der Waals surface area contributed by atoms with Crippen LogP contribution in [0.15, 0.2) is 35.7 Å². The molecule has 3 N–H and O–H groups in total. The summed E-state index contributed by atoms with van der Waals surface area (Å²) in [5.74, 6) is -0.143. The highest BCUT2D eigenvalue weighted by Crippen LogP contribution is 2.32. The molecule has 0 spiro atoms. The second-order valence-electron chi connectivity index (χ2n) is 6.39. The third-order valence-electron chi connectivity index (χ3n) is 4.23. The number of amides is 2. The fourth-order valence-corrected chi connectivity index (χ4v) is 4.31. The van der Waals surface area contributed by atoms with E-state index in [1.165, 1.54) is 17.4 Å². The van der Waals surface area contributed by atoms with Crippen LogP contribution in [0.5, 0.6) is 5.75 Å². The maximum Gasteiger partial charge on any atom is 0.251 e. The smallest absolute Gasteiger partial charge is 0.251 e. The number of carbonyl (C=O) groups excluding carboxylic acids is 2. The van der Waals surface area contributed by atoms with E-state index < -0.39 is 5.91 Å². The summed E-state index contributed by atoms with van der Waals surface area (Å²) < 4.78 is 5.71. The normalized spacial score (nSPS) is 11.0. The number of rotatable bonds is 7. The van der Waals surface area contributed by atoms with E-state index in [0.29, 0.717) is 17.2 Å². The highest BCUT2D eigenvalue weighted by atomic mass is 32.1.